The van der Waals surface area contributed by atoms with Gasteiger partial charge in [-0.15, -0.1) is 0 Å². The molecule has 0 N–H and O–H groups in total. The summed E-state index contributed by atoms with van der Waals surface area (Å²) in [5.41, 5.74) is -0.179. The van der Waals surface area contributed by atoms with Gasteiger partial charge in [0, 0.05) is 30.4 Å². The summed E-state index contributed by atoms with van der Waals surface area (Å²) in [4.78, 5) is 14.0. The molecule has 0 unspecified atom stereocenters. The third kappa shape index (κ3) is 3.39. The summed E-state index contributed by atoms with van der Waals surface area (Å²) >= 11 is 0. The van der Waals surface area contributed by atoms with Crippen molar-refractivity contribution in [3.05, 3.63) is 46.5 Å². The van der Waals surface area contributed by atoms with E-state index < -0.39 is 23.6 Å². The molecule has 1 saturated heterocycles. The smallest absolute Gasteiger partial charge is 0.378 e. The number of halogens is 4. The average Bonchev–Trinajstić information content (AvgIpc) is 3.08. The number of fused-ring (bicyclic) bond motifs is 1. The van der Waals surface area contributed by atoms with Crippen molar-refractivity contribution in [1.82, 2.24) is 14.7 Å². The summed E-state index contributed by atoms with van der Waals surface area (Å²) in [6.07, 6.45) is -2.37. The van der Waals surface area contributed by atoms with Crippen molar-refractivity contribution in [3.8, 4) is 5.69 Å². The first-order chi connectivity index (χ1) is 13.4. The van der Waals surface area contributed by atoms with Crippen LogP contribution in [0.25, 0.3) is 5.69 Å². The predicted molar refractivity (Wildman–Crippen MR) is 91.9 cm³/mol. The number of ether oxygens (including phenoxy) is 1. The van der Waals surface area contributed by atoms with Gasteiger partial charge >= 0.3 is 6.18 Å². The van der Waals surface area contributed by atoms with Gasteiger partial charge in [0.15, 0.2) is 5.69 Å². The van der Waals surface area contributed by atoms with Crippen molar-refractivity contribution in [2.75, 3.05) is 26.3 Å². The van der Waals surface area contributed by atoms with Gasteiger partial charge in [-0.25, -0.2) is 9.07 Å². The highest BCUT2D eigenvalue weighted by Crippen LogP contribution is 2.37. The zero-order chi connectivity index (χ0) is 19.9. The summed E-state index contributed by atoms with van der Waals surface area (Å²) in [5, 5.41) is 3.75. The molecule has 1 aromatic carbocycles. The highest BCUT2D eigenvalue weighted by Gasteiger charge is 2.39. The highest BCUT2D eigenvalue weighted by atomic mass is 19.4. The SMILES string of the molecule is O=C(c1ccc(-n2nc(C(F)(F)F)c3c2CCCC3)cc1F)N1CCOCC1. The Morgan fingerprint density at radius 2 is 1.82 bits per heavy atom. The van der Waals surface area contributed by atoms with Gasteiger partial charge < -0.3 is 9.64 Å². The first-order valence-corrected chi connectivity index (χ1v) is 9.21. The normalized spacial score (nSPS) is 17.5. The van der Waals surface area contributed by atoms with E-state index >= 15 is 0 Å². The average molecular weight is 397 g/mol. The number of amides is 1. The standard InChI is InChI=1S/C19H19F4N3O2/c20-15-11-12(5-6-13(15)18(27)25-7-9-28-10-8-25)26-16-4-2-1-3-14(16)17(24-26)19(21,22)23/h5-6,11H,1-4,7-10H2. The Morgan fingerprint density at radius 1 is 1.11 bits per heavy atom. The fraction of sp³-hybridized carbons (Fsp3) is 0.474. The van der Waals surface area contributed by atoms with Crippen LogP contribution in [-0.2, 0) is 23.8 Å². The molecule has 28 heavy (non-hydrogen) atoms. The Bertz CT molecular complexity index is 901. The van der Waals surface area contributed by atoms with Crippen LogP contribution in [-0.4, -0.2) is 46.9 Å². The molecule has 9 heteroatoms. The van der Waals surface area contributed by atoms with E-state index in [1.165, 1.54) is 21.7 Å². The van der Waals surface area contributed by atoms with E-state index in [-0.39, 0.29) is 16.8 Å². The fourth-order valence-electron chi connectivity index (χ4n) is 3.79. The molecule has 1 fully saturated rings. The molecule has 0 radical (unpaired) electrons. The van der Waals surface area contributed by atoms with E-state index in [0.717, 1.165) is 12.5 Å². The van der Waals surface area contributed by atoms with Gasteiger partial charge in [-0.1, -0.05) is 0 Å². The largest absolute Gasteiger partial charge is 0.435 e. The van der Waals surface area contributed by atoms with E-state index in [1.807, 2.05) is 0 Å². The number of nitrogens with zero attached hydrogens (tertiary/aromatic N) is 3. The number of benzene rings is 1. The summed E-state index contributed by atoms with van der Waals surface area (Å²) in [5.74, 6) is -1.23. The highest BCUT2D eigenvalue weighted by molar-refractivity contribution is 5.94. The topological polar surface area (TPSA) is 47.4 Å². The maximum atomic E-state index is 14.7. The third-order valence-electron chi connectivity index (χ3n) is 5.17. The number of hydrogen-bond acceptors (Lipinski definition) is 3. The van der Waals surface area contributed by atoms with Crippen molar-refractivity contribution in [2.24, 2.45) is 0 Å². The van der Waals surface area contributed by atoms with Gasteiger partial charge in [0.25, 0.3) is 5.91 Å². The second kappa shape index (κ2) is 7.20. The zero-order valence-electron chi connectivity index (χ0n) is 15.1. The number of rotatable bonds is 2. The number of carbonyl (C=O) groups excluding carboxylic acids is 1. The van der Waals surface area contributed by atoms with Gasteiger partial charge in [-0.05, 0) is 37.8 Å². The number of morpholine rings is 1. The van der Waals surface area contributed by atoms with Gasteiger partial charge in [-0.2, -0.15) is 18.3 Å². The van der Waals surface area contributed by atoms with Crippen LogP contribution in [0, 0.1) is 5.82 Å². The molecule has 0 atom stereocenters. The van der Waals surface area contributed by atoms with Gasteiger partial charge in [0.05, 0.1) is 24.5 Å². The fourth-order valence-corrected chi connectivity index (χ4v) is 3.79. The lowest BCUT2D eigenvalue weighted by atomic mass is 9.95. The van der Waals surface area contributed by atoms with Crippen molar-refractivity contribution < 1.29 is 27.1 Å². The minimum Gasteiger partial charge on any atom is -0.378 e. The maximum absolute atomic E-state index is 14.7. The Morgan fingerprint density at radius 3 is 2.50 bits per heavy atom. The Kier molecular flexibility index (Phi) is 4.86. The van der Waals surface area contributed by atoms with Crippen LogP contribution >= 0.6 is 0 Å². The quantitative estimate of drug-likeness (QED) is 0.730. The second-order valence-electron chi connectivity index (χ2n) is 6.96. The Hall–Kier alpha value is -2.42. The molecule has 0 bridgehead atoms. The molecule has 1 aliphatic heterocycles. The number of aromatic nitrogens is 2. The van der Waals surface area contributed by atoms with E-state index in [4.69, 9.17) is 4.74 Å². The number of carbonyl (C=O) groups is 1. The lowest BCUT2D eigenvalue weighted by Crippen LogP contribution is -2.41. The first-order valence-electron chi connectivity index (χ1n) is 9.21. The number of alkyl halides is 3. The predicted octanol–water partition coefficient (Wildman–Crippen LogP) is 3.38. The number of hydrogen-bond donors (Lipinski definition) is 0. The van der Waals surface area contributed by atoms with E-state index in [1.54, 1.807) is 0 Å². The lowest BCUT2D eigenvalue weighted by molar-refractivity contribution is -0.142. The molecule has 2 aliphatic rings. The van der Waals surface area contributed by atoms with Crippen molar-refractivity contribution >= 4 is 5.91 Å². The van der Waals surface area contributed by atoms with Crippen molar-refractivity contribution in [3.63, 3.8) is 0 Å². The molecule has 1 amide bonds. The minimum absolute atomic E-state index is 0.109. The molecule has 2 aromatic rings. The van der Waals surface area contributed by atoms with Gasteiger partial charge in [-0.3, -0.25) is 4.79 Å². The second-order valence-corrected chi connectivity index (χ2v) is 6.96. The van der Waals surface area contributed by atoms with Crippen LogP contribution < -0.4 is 0 Å². The van der Waals surface area contributed by atoms with Crippen LogP contribution in [0.2, 0.25) is 0 Å². The first kappa shape index (κ1) is 18.9. The maximum Gasteiger partial charge on any atom is 0.435 e. The van der Waals surface area contributed by atoms with Crippen LogP contribution in [0.3, 0.4) is 0 Å². The molecule has 0 saturated carbocycles. The van der Waals surface area contributed by atoms with Crippen LogP contribution in [0.5, 0.6) is 0 Å². The molecular weight excluding hydrogens is 378 g/mol. The lowest BCUT2D eigenvalue weighted by Gasteiger charge is -2.27. The molecule has 5 nitrogen and oxygen atoms in total. The third-order valence-corrected chi connectivity index (χ3v) is 5.17. The summed E-state index contributed by atoms with van der Waals surface area (Å²) in [6, 6.07) is 3.83. The monoisotopic (exact) mass is 397 g/mol. The minimum atomic E-state index is -4.56. The summed E-state index contributed by atoms with van der Waals surface area (Å²) < 4.78 is 61.1. The van der Waals surface area contributed by atoms with E-state index in [9.17, 15) is 22.4 Å². The van der Waals surface area contributed by atoms with Gasteiger partial charge in [0.2, 0.25) is 0 Å². The molecule has 1 aliphatic carbocycles. The van der Waals surface area contributed by atoms with E-state index in [2.05, 4.69) is 5.10 Å². The molecule has 1 aromatic heterocycles. The van der Waals surface area contributed by atoms with Crippen LogP contribution in [0.4, 0.5) is 17.6 Å². The zero-order valence-corrected chi connectivity index (χ0v) is 15.1. The Labute approximate surface area is 158 Å². The van der Waals surface area contributed by atoms with Gasteiger partial charge in [0.1, 0.15) is 5.82 Å². The van der Waals surface area contributed by atoms with Crippen LogP contribution in [0.15, 0.2) is 18.2 Å². The Balaban J connectivity index is 1.70. The van der Waals surface area contributed by atoms with Crippen molar-refractivity contribution in [2.45, 2.75) is 31.9 Å². The molecule has 0 spiro atoms. The molecule has 150 valence electrons. The molecular formula is C19H19F4N3O2. The molecule has 4 rings (SSSR count). The summed E-state index contributed by atoms with van der Waals surface area (Å²) in [7, 11) is 0. The van der Waals surface area contributed by atoms with E-state index in [0.29, 0.717) is 51.3 Å². The van der Waals surface area contributed by atoms with Crippen LogP contribution in [0.1, 0.15) is 40.2 Å². The molecule has 2 heterocycles. The van der Waals surface area contributed by atoms with Crippen molar-refractivity contribution in [1.29, 1.82) is 0 Å². The summed E-state index contributed by atoms with van der Waals surface area (Å²) in [6.45, 7) is 1.54.